The quantitative estimate of drug-likeness (QED) is 0.765. The molecule has 15 heavy (non-hydrogen) atoms. The molecule has 0 unspecified atom stereocenters. The molecule has 0 spiro atoms. The molecule has 1 aliphatic rings. The lowest BCUT2D eigenvalue weighted by Gasteiger charge is -2.05. The predicted molar refractivity (Wildman–Crippen MR) is 60.3 cm³/mol. The Morgan fingerprint density at radius 3 is 2.93 bits per heavy atom. The van der Waals surface area contributed by atoms with Crippen molar-refractivity contribution in [3.63, 3.8) is 0 Å². The van der Waals surface area contributed by atoms with Gasteiger partial charge in [0, 0.05) is 5.22 Å². The van der Waals surface area contributed by atoms with E-state index in [2.05, 4.69) is 11.9 Å². The second-order valence-corrected chi connectivity index (χ2v) is 3.75. The van der Waals surface area contributed by atoms with Gasteiger partial charge in [-0.3, -0.25) is 4.99 Å². The van der Waals surface area contributed by atoms with E-state index in [0.29, 0.717) is 6.54 Å². The molecule has 1 aliphatic heterocycles. The molecule has 2 N–H and O–H groups in total. The summed E-state index contributed by atoms with van der Waals surface area (Å²) < 4.78 is 5.21. The lowest BCUT2D eigenvalue weighted by atomic mass is 10.0. The van der Waals surface area contributed by atoms with Gasteiger partial charge in [0.05, 0.1) is 18.5 Å². The summed E-state index contributed by atoms with van der Waals surface area (Å²) in [5, 5.41) is 2.26. The van der Waals surface area contributed by atoms with Gasteiger partial charge in [-0.1, -0.05) is 0 Å². The molecule has 3 heteroatoms. The SMILES string of the molecule is COc1ccc2c(c1)=C(CCN)[C@@H](C)N=2. The predicted octanol–water partition coefficient (Wildman–Crippen LogP) is 0.216. The first-order chi connectivity index (χ1) is 7.26. The number of hydrogen-bond donors (Lipinski definition) is 1. The first kappa shape index (κ1) is 10.2. The number of hydrogen-bond acceptors (Lipinski definition) is 3. The van der Waals surface area contributed by atoms with Crippen LogP contribution in [0, 0.1) is 0 Å². The van der Waals surface area contributed by atoms with Gasteiger partial charge >= 0.3 is 0 Å². The van der Waals surface area contributed by atoms with Crippen LogP contribution < -0.4 is 21.0 Å². The van der Waals surface area contributed by atoms with E-state index in [1.54, 1.807) is 7.11 Å². The van der Waals surface area contributed by atoms with E-state index in [-0.39, 0.29) is 6.04 Å². The van der Waals surface area contributed by atoms with E-state index in [4.69, 9.17) is 10.5 Å². The molecule has 1 aromatic rings. The summed E-state index contributed by atoms with van der Waals surface area (Å²) >= 11 is 0. The van der Waals surface area contributed by atoms with Crippen molar-refractivity contribution < 1.29 is 4.74 Å². The highest BCUT2D eigenvalue weighted by atomic mass is 16.5. The lowest BCUT2D eigenvalue weighted by molar-refractivity contribution is 0.414. The van der Waals surface area contributed by atoms with Crippen molar-refractivity contribution in [2.45, 2.75) is 19.4 Å². The van der Waals surface area contributed by atoms with Gasteiger partial charge < -0.3 is 10.5 Å². The lowest BCUT2D eigenvalue weighted by Crippen LogP contribution is -2.23. The van der Waals surface area contributed by atoms with Crippen molar-refractivity contribution in [3.05, 3.63) is 28.8 Å². The summed E-state index contributed by atoms with van der Waals surface area (Å²) in [6.45, 7) is 2.78. The van der Waals surface area contributed by atoms with E-state index in [9.17, 15) is 0 Å². The van der Waals surface area contributed by atoms with Crippen molar-refractivity contribution in [2.24, 2.45) is 10.7 Å². The topological polar surface area (TPSA) is 47.6 Å². The van der Waals surface area contributed by atoms with E-state index < -0.39 is 0 Å². The van der Waals surface area contributed by atoms with Crippen LogP contribution in [0.3, 0.4) is 0 Å². The molecule has 0 aliphatic carbocycles. The number of nitrogens with two attached hydrogens (primary N) is 1. The molecular weight excluding hydrogens is 188 g/mol. The molecule has 0 fully saturated rings. The highest BCUT2D eigenvalue weighted by Gasteiger charge is 2.14. The third kappa shape index (κ3) is 1.75. The van der Waals surface area contributed by atoms with Gasteiger partial charge in [-0.05, 0) is 43.7 Å². The Morgan fingerprint density at radius 2 is 2.27 bits per heavy atom. The molecule has 0 amide bonds. The summed E-state index contributed by atoms with van der Waals surface area (Å²) in [4.78, 5) is 4.58. The molecule has 1 atom stereocenters. The Balaban J connectivity index is 2.61. The monoisotopic (exact) mass is 204 g/mol. The van der Waals surface area contributed by atoms with Gasteiger partial charge in [0.1, 0.15) is 5.75 Å². The van der Waals surface area contributed by atoms with Crippen LogP contribution >= 0.6 is 0 Å². The number of rotatable bonds is 3. The maximum Gasteiger partial charge on any atom is 0.119 e. The zero-order valence-corrected chi connectivity index (χ0v) is 9.16. The molecule has 1 heterocycles. The fourth-order valence-corrected chi connectivity index (χ4v) is 2.02. The van der Waals surface area contributed by atoms with Gasteiger partial charge in [0.2, 0.25) is 0 Å². The third-order valence-corrected chi connectivity index (χ3v) is 2.80. The number of nitrogens with zero attached hydrogens (tertiary/aromatic N) is 1. The Bertz CT molecular complexity index is 479. The molecule has 1 aromatic carbocycles. The minimum absolute atomic E-state index is 0.260. The Kier molecular flexibility index (Phi) is 2.73. The second kappa shape index (κ2) is 4.03. The normalized spacial score (nSPS) is 18.6. The number of methoxy groups -OCH3 is 1. The number of fused-ring (bicyclic) bond motifs is 1. The third-order valence-electron chi connectivity index (χ3n) is 2.80. The Labute approximate surface area is 89.3 Å². The van der Waals surface area contributed by atoms with E-state index in [1.165, 1.54) is 10.8 Å². The van der Waals surface area contributed by atoms with Crippen LogP contribution in [0.25, 0.3) is 5.57 Å². The van der Waals surface area contributed by atoms with Gasteiger partial charge in [-0.25, -0.2) is 0 Å². The van der Waals surface area contributed by atoms with E-state index in [0.717, 1.165) is 17.5 Å². The molecule has 0 bridgehead atoms. The van der Waals surface area contributed by atoms with Crippen LogP contribution in [0.15, 0.2) is 23.2 Å². The minimum Gasteiger partial charge on any atom is -0.497 e. The minimum atomic E-state index is 0.260. The van der Waals surface area contributed by atoms with Crippen molar-refractivity contribution in [2.75, 3.05) is 13.7 Å². The Hall–Kier alpha value is -1.35. The second-order valence-electron chi connectivity index (χ2n) is 3.75. The average Bonchev–Trinajstić information content (AvgIpc) is 2.55. The van der Waals surface area contributed by atoms with Crippen molar-refractivity contribution in [3.8, 4) is 5.75 Å². The van der Waals surface area contributed by atoms with Crippen LogP contribution in [0.2, 0.25) is 0 Å². The summed E-state index contributed by atoms with van der Waals surface area (Å²) in [6.07, 6.45) is 0.908. The maximum absolute atomic E-state index is 5.60. The molecular formula is C12H16N2O. The van der Waals surface area contributed by atoms with E-state index >= 15 is 0 Å². The zero-order chi connectivity index (χ0) is 10.8. The van der Waals surface area contributed by atoms with Crippen LogP contribution in [0.1, 0.15) is 13.3 Å². The average molecular weight is 204 g/mol. The van der Waals surface area contributed by atoms with Crippen LogP contribution in [-0.4, -0.2) is 19.7 Å². The highest BCUT2D eigenvalue weighted by Crippen LogP contribution is 2.13. The van der Waals surface area contributed by atoms with Crippen LogP contribution in [-0.2, 0) is 0 Å². The van der Waals surface area contributed by atoms with Gasteiger partial charge in [-0.2, -0.15) is 0 Å². The fraction of sp³-hybridized carbons (Fsp3) is 0.417. The molecule has 0 aromatic heterocycles. The molecule has 0 radical (unpaired) electrons. The Morgan fingerprint density at radius 1 is 1.47 bits per heavy atom. The van der Waals surface area contributed by atoms with Crippen molar-refractivity contribution in [1.29, 1.82) is 0 Å². The maximum atomic E-state index is 5.60. The van der Waals surface area contributed by atoms with Crippen molar-refractivity contribution >= 4 is 5.57 Å². The summed E-state index contributed by atoms with van der Waals surface area (Å²) in [6, 6.07) is 6.26. The number of ether oxygens (including phenoxy) is 1. The summed E-state index contributed by atoms with van der Waals surface area (Å²) in [5.74, 6) is 0.882. The molecule has 3 nitrogen and oxygen atoms in total. The van der Waals surface area contributed by atoms with E-state index in [1.807, 2.05) is 18.2 Å². The van der Waals surface area contributed by atoms with Gasteiger partial charge in [0.15, 0.2) is 0 Å². The van der Waals surface area contributed by atoms with Gasteiger partial charge in [-0.15, -0.1) is 0 Å². The molecule has 0 saturated heterocycles. The highest BCUT2D eigenvalue weighted by molar-refractivity contribution is 5.53. The standard InChI is InChI=1S/C12H16N2O/c1-8-10(5-6-13)11-7-9(15-2)3-4-12(11)14-8/h3-4,7-8H,5-6,13H2,1-2H3/t8-/m1/s1. The van der Waals surface area contributed by atoms with Crippen LogP contribution in [0.4, 0.5) is 0 Å². The first-order valence-corrected chi connectivity index (χ1v) is 5.21. The number of benzene rings is 1. The molecule has 80 valence electrons. The van der Waals surface area contributed by atoms with Gasteiger partial charge in [0.25, 0.3) is 0 Å². The summed E-state index contributed by atoms with van der Waals surface area (Å²) in [5.41, 5.74) is 6.93. The summed E-state index contributed by atoms with van der Waals surface area (Å²) in [7, 11) is 1.68. The molecule has 0 saturated carbocycles. The van der Waals surface area contributed by atoms with Crippen LogP contribution in [0.5, 0.6) is 5.75 Å². The molecule has 2 rings (SSSR count). The largest absolute Gasteiger partial charge is 0.497 e. The first-order valence-electron chi connectivity index (χ1n) is 5.21. The smallest absolute Gasteiger partial charge is 0.119 e. The zero-order valence-electron chi connectivity index (χ0n) is 9.16. The van der Waals surface area contributed by atoms with Crippen molar-refractivity contribution in [1.82, 2.24) is 0 Å². The fourth-order valence-electron chi connectivity index (χ4n) is 2.02.